The lowest BCUT2D eigenvalue weighted by Gasteiger charge is -2.11. The second kappa shape index (κ2) is 7.35. The Morgan fingerprint density at radius 3 is 2.48 bits per heavy atom. The van der Waals surface area contributed by atoms with Crippen molar-refractivity contribution in [1.82, 2.24) is 4.98 Å². The second-order valence-electron chi connectivity index (χ2n) is 4.34. The number of nitrogens with zero attached hydrogens (tertiary/aromatic N) is 1. The molecule has 2 rings (SSSR count). The van der Waals surface area contributed by atoms with Crippen molar-refractivity contribution in [2.24, 2.45) is 0 Å². The number of carboxylic acids is 1. The highest BCUT2D eigenvalue weighted by atomic mass is 35.5. The molecule has 2 aromatic rings. The van der Waals surface area contributed by atoms with Gasteiger partial charge in [-0.1, -0.05) is 29.3 Å². The average Bonchev–Trinajstić information content (AvgIpc) is 2.40. The van der Waals surface area contributed by atoms with Crippen molar-refractivity contribution < 1.29 is 18.3 Å². The third-order valence-corrected chi connectivity index (χ3v) is 4.90. The van der Waals surface area contributed by atoms with Gasteiger partial charge in [0.1, 0.15) is 10.7 Å². The summed E-state index contributed by atoms with van der Waals surface area (Å²) in [6.07, 6.45) is 1.43. The second-order valence-corrected chi connectivity index (χ2v) is 6.81. The average molecular weight is 398 g/mol. The van der Waals surface area contributed by atoms with E-state index in [9.17, 15) is 13.2 Å². The molecule has 0 aliphatic heterocycles. The Balaban J connectivity index is 0.00000264. The monoisotopic (exact) mass is 396 g/mol. The Bertz CT molecular complexity index is 856. The maximum absolute atomic E-state index is 12.4. The highest BCUT2D eigenvalue weighted by molar-refractivity contribution is 7.92. The Hall–Kier alpha value is -1.54. The number of nitrogens with one attached hydrogen (secondary N) is 1. The van der Waals surface area contributed by atoms with Crippen LogP contribution in [0.25, 0.3) is 0 Å². The van der Waals surface area contributed by atoms with Crippen molar-refractivity contribution in [2.45, 2.75) is 11.8 Å². The van der Waals surface area contributed by atoms with Gasteiger partial charge in [-0.15, -0.1) is 12.4 Å². The summed E-state index contributed by atoms with van der Waals surface area (Å²) in [4.78, 5) is 14.6. The topological polar surface area (TPSA) is 96.4 Å². The van der Waals surface area contributed by atoms with Crippen molar-refractivity contribution in [1.29, 1.82) is 0 Å². The summed E-state index contributed by atoms with van der Waals surface area (Å²) in [5, 5.41) is 8.69. The summed E-state index contributed by atoms with van der Waals surface area (Å²) < 4.78 is 27.0. The van der Waals surface area contributed by atoms with Crippen LogP contribution in [0, 0.1) is 6.92 Å². The molecule has 0 radical (unpaired) electrons. The molecule has 23 heavy (non-hydrogen) atoms. The van der Waals surface area contributed by atoms with Gasteiger partial charge in [-0.25, -0.2) is 18.2 Å². The number of carbonyl (C=O) groups is 1. The smallest absolute Gasteiger partial charge is 0.337 e. The number of aryl methyl sites for hydroxylation is 1. The summed E-state index contributed by atoms with van der Waals surface area (Å²) in [5.41, 5.74) is 0.249. The quantitative estimate of drug-likeness (QED) is 0.821. The summed E-state index contributed by atoms with van der Waals surface area (Å²) >= 11 is 11.6. The van der Waals surface area contributed by atoms with Crippen LogP contribution in [0.1, 0.15) is 15.9 Å². The Morgan fingerprint density at radius 1 is 1.26 bits per heavy atom. The molecule has 0 aliphatic carbocycles. The summed E-state index contributed by atoms with van der Waals surface area (Å²) in [5.74, 6) is -1.22. The van der Waals surface area contributed by atoms with Crippen LogP contribution in [-0.2, 0) is 10.0 Å². The zero-order chi connectivity index (χ0) is 16.5. The number of hydrogen-bond acceptors (Lipinski definition) is 4. The number of benzene rings is 1. The van der Waals surface area contributed by atoms with Crippen molar-refractivity contribution in [3.63, 3.8) is 0 Å². The fraction of sp³-hybridized carbons (Fsp3) is 0.0769. The van der Waals surface area contributed by atoms with E-state index in [0.717, 1.165) is 12.1 Å². The van der Waals surface area contributed by atoms with E-state index >= 15 is 0 Å². The van der Waals surface area contributed by atoms with E-state index in [1.807, 2.05) is 0 Å². The van der Waals surface area contributed by atoms with Gasteiger partial charge in [0, 0.05) is 6.20 Å². The van der Waals surface area contributed by atoms with Gasteiger partial charge >= 0.3 is 5.97 Å². The van der Waals surface area contributed by atoms with Crippen molar-refractivity contribution in [2.75, 3.05) is 4.72 Å². The largest absolute Gasteiger partial charge is 0.478 e. The molecule has 2 N–H and O–H groups in total. The van der Waals surface area contributed by atoms with Crippen molar-refractivity contribution in [3.8, 4) is 0 Å². The van der Waals surface area contributed by atoms with Crippen molar-refractivity contribution >= 4 is 57.4 Å². The predicted octanol–water partition coefficient (Wildman–Crippen LogP) is 3.62. The van der Waals surface area contributed by atoms with Gasteiger partial charge in [-0.2, -0.15) is 0 Å². The third kappa shape index (κ3) is 4.26. The normalized spacial score (nSPS) is 10.7. The van der Waals surface area contributed by atoms with E-state index in [4.69, 9.17) is 28.3 Å². The molecular formula is C13H11Cl3N2O4S. The number of pyridine rings is 1. The SMILES string of the molecule is Cc1cccnc1NS(=O)(=O)c1cc(C(=O)O)c(Cl)cc1Cl.Cl. The molecule has 0 atom stereocenters. The molecule has 0 aliphatic rings. The van der Waals surface area contributed by atoms with Gasteiger partial charge < -0.3 is 5.11 Å². The van der Waals surface area contributed by atoms with Gasteiger partial charge in [0.15, 0.2) is 0 Å². The Morgan fingerprint density at radius 2 is 1.91 bits per heavy atom. The minimum atomic E-state index is -4.11. The number of carboxylic acid groups (broad SMARTS) is 1. The first-order chi connectivity index (χ1) is 10.2. The predicted molar refractivity (Wildman–Crippen MR) is 90.5 cm³/mol. The molecule has 1 heterocycles. The number of aromatic carboxylic acids is 1. The Kier molecular flexibility index (Phi) is 6.24. The van der Waals surface area contributed by atoms with Crippen LogP contribution in [0.2, 0.25) is 10.0 Å². The maximum Gasteiger partial charge on any atom is 0.337 e. The van der Waals surface area contributed by atoms with Gasteiger partial charge in [-0.3, -0.25) is 4.72 Å². The van der Waals surface area contributed by atoms with Crippen LogP contribution in [0.15, 0.2) is 35.4 Å². The first-order valence-electron chi connectivity index (χ1n) is 5.89. The van der Waals surface area contributed by atoms with E-state index in [0.29, 0.717) is 5.56 Å². The summed E-state index contributed by atoms with van der Waals surface area (Å²) in [7, 11) is -4.11. The zero-order valence-electron chi connectivity index (χ0n) is 11.6. The van der Waals surface area contributed by atoms with Gasteiger partial charge in [0.2, 0.25) is 0 Å². The lowest BCUT2D eigenvalue weighted by atomic mass is 10.2. The van der Waals surface area contributed by atoms with Gasteiger partial charge in [0.05, 0.1) is 15.6 Å². The number of sulfonamides is 1. The van der Waals surface area contributed by atoms with Crippen LogP contribution in [0.5, 0.6) is 0 Å². The lowest BCUT2D eigenvalue weighted by molar-refractivity contribution is 0.0697. The van der Waals surface area contributed by atoms with Gasteiger partial charge in [0.25, 0.3) is 10.0 Å². The number of halogens is 3. The van der Waals surface area contributed by atoms with E-state index in [1.54, 1.807) is 19.1 Å². The van der Waals surface area contributed by atoms with Crippen LogP contribution in [-0.4, -0.2) is 24.5 Å². The molecule has 0 bridgehead atoms. The van der Waals surface area contributed by atoms with Crippen molar-refractivity contribution in [3.05, 3.63) is 51.6 Å². The molecule has 0 saturated carbocycles. The highest BCUT2D eigenvalue weighted by Crippen LogP contribution is 2.30. The fourth-order valence-electron chi connectivity index (χ4n) is 1.67. The first-order valence-corrected chi connectivity index (χ1v) is 8.13. The number of aromatic nitrogens is 1. The Labute approximate surface area is 148 Å². The van der Waals surface area contributed by atoms with Crippen LogP contribution in [0.4, 0.5) is 5.82 Å². The van der Waals surface area contributed by atoms with Gasteiger partial charge in [-0.05, 0) is 30.7 Å². The fourth-order valence-corrected chi connectivity index (χ4v) is 3.61. The van der Waals surface area contributed by atoms with Crippen LogP contribution in [0.3, 0.4) is 0 Å². The van der Waals surface area contributed by atoms with Crippen LogP contribution >= 0.6 is 35.6 Å². The van der Waals surface area contributed by atoms with Crippen LogP contribution < -0.4 is 4.72 Å². The maximum atomic E-state index is 12.4. The minimum absolute atomic E-state index is 0. The first kappa shape index (κ1) is 19.5. The zero-order valence-corrected chi connectivity index (χ0v) is 14.7. The molecule has 1 aromatic carbocycles. The molecule has 0 unspecified atom stereocenters. The molecule has 0 spiro atoms. The third-order valence-electron chi connectivity index (χ3n) is 2.78. The van der Waals surface area contributed by atoms with E-state index in [-0.39, 0.29) is 38.7 Å². The number of hydrogen-bond donors (Lipinski definition) is 2. The molecule has 0 fully saturated rings. The van der Waals surface area contributed by atoms with E-state index in [1.165, 1.54) is 6.20 Å². The number of rotatable bonds is 4. The number of anilines is 1. The molecule has 6 nitrogen and oxygen atoms in total. The molecule has 0 amide bonds. The molecule has 10 heteroatoms. The minimum Gasteiger partial charge on any atom is -0.478 e. The lowest BCUT2D eigenvalue weighted by Crippen LogP contribution is -2.16. The molecule has 0 saturated heterocycles. The molecule has 1 aromatic heterocycles. The highest BCUT2D eigenvalue weighted by Gasteiger charge is 2.23. The molecular weight excluding hydrogens is 387 g/mol. The molecule has 124 valence electrons. The van der Waals surface area contributed by atoms with E-state index < -0.39 is 16.0 Å². The summed E-state index contributed by atoms with van der Waals surface area (Å²) in [6, 6.07) is 5.32. The standard InChI is InChI=1S/C13H10Cl2N2O4S.ClH/c1-7-3-2-4-16-12(7)17-22(20,21)11-5-8(13(18)19)9(14)6-10(11)15;/h2-6H,1H3,(H,16,17)(H,18,19);1H. The summed E-state index contributed by atoms with van der Waals surface area (Å²) in [6.45, 7) is 1.68. The van der Waals surface area contributed by atoms with E-state index in [2.05, 4.69) is 9.71 Å².